The zero-order chi connectivity index (χ0) is 16.1. The normalized spacial score (nSPS) is 11.6. The molecule has 1 atom stereocenters. The summed E-state index contributed by atoms with van der Waals surface area (Å²) in [5.74, 6) is 1.09. The van der Waals surface area contributed by atoms with E-state index >= 15 is 0 Å². The number of nitrogens with one attached hydrogen (secondary N) is 1. The van der Waals surface area contributed by atoms with Crippen molar-refractivity contribution in [3.05, 3.63) is 53.6 Å². The highest BCUT2D eigenvalue weighted by Crippen LogP contribution is 2.25. The molecule has 0 bridgehead atoms. The van der Waals surface area contributed by atoms with Crippen LogP contribution in [0.1, 0.15) is 18.1 Å². The van der Waals surface area contributed by atoms with Crippen LogP contribution in [-0.2, 0) is 4.79 Å². The van der Waals surface area contributed by atoms with Crippen LogP contribution in [0.3, 0.4) is 0 Å². The molecule has 1 amide bonds. The number of methoxy groups -OCH3 is 1. The number of hydrogen-bond acceptors (Lipinski definition) is 3. The van der Waals surface area contributed by atoms with E-state index in [-0.39, 0.29) is 5.91 Å². The smallest absolute Gasteiger partial charge is 0.265 e. The highest BCUT2D eigenvalue weighted by Gasteiger charge is 2.16. The summed E-state index contributed by atoms with van der Waals surface area (Å²) in [7, 11) is 1.58. The standard InChI is InChI=1S/C18H21NO3/c1-12-6-5-7-15(10-12)22-14(3)18(20)19-16-11-13(2)8-9-17(16)21-4/h5-11,14H,1-4H3,(H,19,20)/t14-/m0/s1. The summed E-state index contributed by atoms with van der Waals surface area (Å²) in [5.41, 5.74) is 2.78. The molecule has 0 fully saturated rings. The van der Waals surface area contributed by atoms with Crippen LogP contribution >= 0.6 is 0 Å². The van der Waals surface area contributed by atoms with Gasteiger partial charge in [0, 0.05) is 0 Å². The number of carbonyl (C=O) groups is 1. The molecule has 0 saturated heterocycles. The zero-order valence-corrected chi connectivity index (χ0v) is 13.3. The van der Waals surface area contributed by atoms with Crippen LogP contribution in [0.5, 0.6) is 11.5 Å². The SMILES string of the molecule is COc1ccc(C)cc1NC(=O)[C@H](C)Oc1cccc(C)c1. The minimum Gasteiger partial charge on any atom is -0.495 e. The number of aryl methyl sites for hydroxylation is 2. The van der Waals surface area contributed by atoms with Gasteiger partial charge in [0.05, 0.1) is 12.8 Å². The van der Waals surface area contributed by atoms with Crippen molar-refractivity contribution in [2.75, 3.05) is 12.4 Å². The van der Waals surface area contributed by atoms with Crippen molar-refractivity contribution in [2.24, 2.45) is 0 Å². The van der Waals surface area contributed by atoms with Gasteiger partial charge in [-0.3, -0.25) is 4.79 Å². The minimum atomic E-state index is -0.605. The Hall–Kier alpha value is -2.49. The van der Waals surface area contributed by atoms with Gasteiger partial charge in [-0.1, -0.05) is 18.2 Å². The predicted molar refractivity (Wildman–Crippen MR) is 87.6 cm³/mol. The van der Waals surface area contributed by atoms with E-state index in [4.69, 9.17) is 9.47 Å². The molecule has 0 spiro atoms. The Labute approximate surface area is 131 Å². The lowest BCUT2D eigenvalue weighted by Crippen LogP contribution is -2.30. The molecule has 0 radical (unpaired) electrons. The van der Waals surface area contributed by atoms with Gasteiger partial charge in [-0.25, -0.2) is 0 Å². The van der Waals surface area contributed by atoms with Crippen LogP contribution in [0.25, 0.3) is 0 Å². The fourth-order valence-corrected chi connectivity index (χ4v) is 2.10. The monoisotopic (exact) mass is 299 g/mol. The Kier molecular flexibility index (Phi) is 5.04. The lowest BCUT2D eigenvalue weighted by atomic mass is 10.2. The molecule has 0 saturated carbocycles. The summed E-state index contributed by atoms with van der Waals surface area (Å²) in [4.78, 5) is 12.3. The molecule has 2 rings (SSSR count). The van der Waals surface area contributed by atoms with Crippen LogP contribution in [0.2, 0.25) is 0 Å². The average molecular weight is 299 g/mol. The quantitative estimate of drug-likeness (QED) is 0.915. The van der Waals surface area contributed by atoms with Gasteiger partial charge < -0.3 is 14.8 Å². The van der Waals surface area contributed by atoms with Gasteiger partial charge >= 0.3 is 0 Å². The average Bonchev–Trinajstić information content (AvgIpc) is 2.47. The molecule has 2 aromatic rings. The largest absolute Gasteiger partial charge is 0.495 e. The Bertz CT molecular complexity index is 667. The van der Waals surface area contributed by atoms with Gasteiger partial charge in [0.2, 0.25) is 0 Å². The summed E-state index contributed by atoms with van der Waals surface area (Å²) in [6.45, 7) is 5.66. The molecule has 0 aliphatic carbocycles. The van der Waals surface area contributed by atoms with E-state index in [9.17, 15) is 4.79 Å². The zero-order valence-electron chi connectivity index (χ0n) is 13.3. The van der Waals surface area contributed by atoms with Crippen LogP contribution < -0.4 is 14.8 Å². The molecular weight excluding hydrogens is 278 g/mol. The van der Waals surface area contributed by atoms with Crippen molar-refractivity contribution in [1.82, 2.24) is 0 Å². The molecule has 4 heteroatoms. The van der Waals surface area contributed by atoms with Crippen molar-refractivity contribution in [3.63, 3.8) is 0 Å². The summed E-state index contributed by atoms with van der Waals surface area (Å²) in [6, 6.07) is 13.3. The fraction of sp³-hybridized carbons (Fsp3) is 0.278. The van der Waals surface area contributed by atoms with E-state index in [0.29, 0.717) is 17.2 Å². The van der Waals surface area contributed by atoms with E-state index in [1.165, 1.54) is 0 Å². The molecule has 2 aromatic carbocycles. The first kappa shape index (κ1) is 15.9. The molecule has 0 aliphatic rings. The van der Waals surface area contributed by atoms with Gasteiger partial charge in [-0.05, 0) is 56.2 Å². The highest BCUT2D eigenvalue weighted by molar-refractivity contribution is 5.95. The minimum absolute atomic E-state index is 0.217. The Morgan fingerprint density at radius 1 is 1.09 bits per heavy atom. The number of hydrogen-bond donors (Lipinski definition) is 1. The van der Waals surface area contributed by atoms with Crippen LogP contribution in [0, 0.1) is 13.8 Å². The second-order valence-electron chi connectivity index (χ2n) is 5.27. The van der Waals surface area contributed by atoms with Crippen LogP contribution in [0.4, 0.5) is 5.69 Å². The summed E-state index contributed by atoms with van der Waals surface area (Å²) < 4.78 is 10.9. The Balaban J connectivity index is 2.07. The maximum Gasteiger partial charge on any atom is 0.265 e. The maximum atomic E-state index is 12.3. The van der Waals surface area contributed by atoms with Crippen LogP contribution in [-0.4, -0.2) is 19.1 Å². The number of anilines is 1. The van der Waals surface area contributed by atoms with Crippen molar-refractivity contribution in [1.29, 1.82) is 0 Å². The maximum absolute atomic E-state index is 12.3. The number of benzene rings is 2. The predicted octanol–water partition coefficient (Wildman–Crippen LogP) is 3.72. The highest BCUT2D eigenvalue weighted by atomic mass is 16.5. The number of amides is 1. The van der Waals surface area contributed by atoms with Crippen LogP contribution in [0.15, 0.2) is 42.5 Å². The third-order valence-corrected chi connectivity index (χ3v) is 3.28. The third-order valence-electron chi connectivity index (χ3n) is 3.28. The van der Waals surface area contributed by atoms with Gasteiger partial charge in [0.15, 0.2) is 6.10 Å². The summed E-state index contributed by atoms with van der Waals surface area (Å²) in [5, 5.41) is 2.85. The van der Waals surface area contributed by atoms with Gasteiger partial charge in [0.25, 0.3) is 5.91 Å². The molecule has 0 heterocycles. The van der Waals surface area contributed by atoms with Gasteiger partial charge in [-0.15, -0.1) is 0 Å². The summed E-state index contributed by atoms with van der Waals surface area (Å²) >= 11 is 0. The molecule has 0 aliphatic heterocycles. The molecule has 1 N–H and O–H groups in total. The van der Waals surface area contributed by atoms with Crippen molar-refractivity contribution < 1.29 is 14.3 Å². The second-order valence-corrected chi connectivity index (χ2v) is 5.27. The van der Waals surface area contributed by atoms with Gasteiger partial charge in [-0.2, -0.15) is 0 Å². The van der Waals surface area contributed by atoms with Gasteiger partial charge in [0.1, 0.15) is 11.5 Å². The second kappa shape index (κ2) is 6.98. The summed E-state index contributed by atoms with van der Waals surface area (Å²) in [6.07, 6.45) is -0.605. The number of ether oxygens (including phenoxy) is 2. The van der Waals surface area contributed by atoms with E-state index in [1.54, 1.807) is 14.0 Å². The van der Waals surface area contributed by atoms with Crippen molar-refractivity contribution in [3.8, 4) is 11.5 Å². The van der Waals surface area contributed by atoms with Crippen molar-refractivity contribution >= 4 is 11.6 Å². The van der Waals surface area contributed by atoms with E-state index < -0.39 is 6.10 Å². The first-order chi connectivity index (χ1) is 10.5. The van der Waals surface area contributed by atoms with E-state index in [0.717, 1.165) is 11.1 Å². The first-order valence-corrected chi connectivity index (χ1v) is 7.18. The lowest BCUT2D eigenvalue weighted by Gasteiger charge is -2.16. The molecule has 0 aromatic heterocycles. The molecule has 4 nitrogen and oxygen atoms in total. The first-order valence-electron chi connectivity index (χ1n) is 7.18. The van der Waals surface area contributed by atoms with Crippen molar-refractivity contribution in [2.45, 2.75) is 26.9 Å². The number of rotatable bonds is 5. The van der Waals surface area contributed by atoms with E-state index in [2.05, 4.69) is 5.32 Å². The molecule has 22 heavy (non-hydrogen) atoms. The topological polar surface area (TPSA) is 47.6 Å². The Morgan fingerprint density at radius 3 is 2.50 bits per heavy atom. The third kappa shape index (κ3) is 4.01. The number of carbonyl (C=O) groups excluding carboxylic acids is 1. The molecular formula is C18H21NO3. The Morgan fingerprint density at radius 2 is 1.82 bits per heavy atom. The lowest BCUT2D eigenvalue weighted by molar-refractivity contribution is -0.122. The molecule has 116 valence electrons. The fourth-order valence-electron chi connectivity index (χ4n) is 2.10. The molecule has 0 unspecified atom stereocenters. The van der Waals surface area contributed by atoms with E-state index in [1.807, 2.05) is 56.3 Å².